The van der Waals surface area contributed by atoms with Crippen LogP contribution in [0.3, 0.4) is 0 Å². The molecular formula is C13H13BrClFN2O2. The van der Waals surface area contributed by atoms with Crippen LogP contribution in [-0.4, -0.2) is 28.5 Å². The molecule has 0 amide bonds. The predicted octanol–water partition coefficient (Wildman–Crippen LogP) is 3.28. The molecule has 1 aromatic heterocycles. The number of hydrogen-bond acceptors (Lipinski definition) is 3. The maximum absolute atomic E-state index is 13.7. The van der Waals surface area contributed by atoms with Gasteiger partial charge in [0.2, 0.25) is 0 Å². The number of carbonyl (C=O) groups excluding carboxylic acids is 1. The molecule has 2 rings (SSSR count). The van der Waals surface area contributed by atoms with Gasteiger partial charge in [-0.3, -0.25) is 4.79 Å². The fourth-order valence-electron chi connectivity index (χ4n) is 2.00. The molecule has 0 aliphatic carbocycles. The van der Waals surface area contributed by atoms with Gasteiger partial charge in [0.15, 0.2) is 0 Å². The third-order valence-electron chi connectivity index (χ3n) is 2.95. The molecule has 1 aromatic carbocycles. The highest BCUT2D eigenvalue weighted by atomic mass is 79.9. The van der Waals surface area contributed by atoms with Gasteiger partial charge >= 0.3 is 5.97 Å². The zero-order valence-corrected chi connectivity index (χ0v) is 13.2. The topological polar surface area (TPSA) is 44.1 Å². The maximum Gasteiger partial charge on any atom is 0.307 e. The summed E-state index contributed by atoms with van der Waals surface area (Å²) in [4.78, 5) is 15.7. The Kier molecular flexibility index (Phi) is 4.99. The Bertz CT molecular complexity index is 645. The maximum atomic E-state index is 13.7. The van der Waals surface area contributed by atoms with Crippen LogP contribution < -0.4 is 0 Å². The lowest BCUT2D eigenvalue weighted by atomic mass is 10.3. The normalized spacial score (nSPS) is 11.0. The summed E-state index contributed by atoms with van der Waals surface area (Å²) in [5.74, 6) is 0.456. The molecule has 0 N–H and O–H groups in total. The third-order valence-corrected chi connectivity index (χ3v) is 3.75. The molecule has 0 aliphatic heterocycles. The summed E-state index contributed by atoms with van der Waals surface area (Å²) >= 11 is 8.90. The van der Waals surface area contributed by atoms with Crippen LogP contribution in [0.5, 0.6) is 0 Å². The number of alkyl halides is 1. The van der Waals surface area contributed by atoms with Gasteiger partial charge in [0.05, 0.1) is 29.0 Å². The molecule has 7 heteroatoms. The molecule has 0 aliphatic rings. The van der Waals surface area contributed by atoms with Crippen LogP contribution in [0.1, 0.15) is 12.2 Å². The molecular weight excluding hydrogens is 351 g/mol. The molecule has 0 atom stereocenters. The zero-order valence-electron chi connectivity index (χ0n) is 10.8. The molecule has 0 spiro atoms. The van der Waals surface area contributed by atoms with E-state index in [0.29, 0.717) is 34.4 Å². The third kappa shape index (κ3) is 3.12. The van der Waals surface area contributed by atoms with E-state index in [-0.39, 0.29) is 18.2 Å². The Morgan fingerprint density at radius 3 is 2.95 bits per heavy atom. The summed E-state index contributed by atoms with van der Waals surface area (Å²) in [6, 6.07) is 3.03. The molecule has 1 heterocycles. The van der Waals surface area contributed by atoms with Gasteiger partial charge in [-0.15, -0.1) is 11.6 Å². The Hall–Kier alpha value is -1.14. The number of esters is 1. The molecule has 0 fully saturated rings. The van der Waals surface area contributed by atoms with E-state index in [2.05, 4.69) is 25.7 Å². The SMILES string of the molecule is COC(=O)CCn1c(CCCl)nc2cc(Br)c(F)cc21. The summed E-state index contributed by atoms with van der Waals surface area (Å²) in [7, 11) is 1.34. The van der Waals surface area contributed by atoms with Gasteiger partial charge in [0.1, 0.15) is 11.6 Å². The molecule has 0 saturated heterocycles. The van der Waals surface area contributed by atoms with Crippen LogP contribution in [-0.2, 0) is 22.5 Å². The summed E-state index contributed by atoms with van der Waals surface area (Å²) in [5.41, 5.74) is 1.32. The molecule has 0 unspecified atom stereocenters. The average molecular weight is 364 g/mol. The van der Waals surface area contributed by atoms with Crippen LogP contribution in [0.2, 0.25) is 0 Å². The summed E-state index contributed by atoms with van der Waals surface area (Å²) < 4.78 is 20.5. The summed E-state index contributed by atoms with van der Waals surface area (Å²) in [6.45, 7) is 0.385. The van der Waals surface area contributed by atoms with Gasteiger partial charge in [0, 0.05) is 24.9 Å². The molecule has 0 saturated carbocycles. The average Bonchev–Trinajstić information content (AvgIpc) is 2.74. The molecule has 4 nitrogen and oxygen atoms in total. The van der Waals surface area contributed by atoms with Gasteiger partial charge in [-0.1, -0.05) is 0 Å². The van der Waals surface area contributed by atoms with E-state index in [9.17, 15) is 9.18 Å². The van der Waals surface area contributed by atoms with Crippen molar-refractivity contribution in [1.82, 2.24) is 9.55 Å². The van der Waals surface area contributed by atoms with Gasteiger partial charge in [-0.25, -0.2) is 9.37 Å². The first kappa shape index (κ1) is 15.3. The number of benzene rings is 1. The van der Waals surface area contributed by atoms with Gasteiger partial charge < -0.3 is 9.30 Å². The molecule has 2 aromatic rings. The number of ether oxygens (including phenoxy) is 1. The van der Waals surface area contributed by atoms with Crippen molar-refractivity contribution < 1.29 is 13.9 Å². The fourth-order valence-corrected chi connectivity index (χ4v) is 2.50. The van der Waals surface area contributed by atoms with E-state index in [1.165, 1.54) is 13.2 Å². The lowest BCUT2D eigenvalue weighted by Gasteiger charge is -2.07. The molecule has 108 valence electrons. The second-order valence-corrected chi connectivity index (χ2v) is 5.43. The lowest BCUT2D eigenvalue weighted by Crippen LogP contribution is -2.10. The van der Waals surface area contributed by atoms with Gasteiger partial charge in [-0.05, 0) is 22.0 Å². The number of halogens is 3. The second kappa shape index (κ2) is 6.54. The van der Waals surface area contributed by atoms with Crippen LogP contribution in [0.4, 0.5) is 4.39 Å². The van der Waals surface area contributed by atoms with E-state index in [4.69, 9.17) is 11.6 Å². The second-order valence-electron chi connectivity index (χ2n) is 4.20. The van der Waals surface area contributed by atoms with Crippen LogP contribution >= 0.6 is 27.5 Å². The minimum Gasteiger partial charge on any atom is -0.469 e. The van der Waals surface area contributed by atoms with Crippen molar-refractivity contribution in [1.29, 1.82) is 0 Å². The number of carbonyl (C=O) groups is 1. The number of hydrogen-bond donors (Lipinski definition) is 0. The number of aryl methyl sites for hydroxylation is 2. The number of methoxy groups -OCH3 is 1. The zero-order chi connectivity index (χ0) is 14.7. The van der Waals surface area contributed by atoms with E-state index < -0.39 is 0 Å². The number of aromatic nitrogens is 2. The van der Waals surface area contributed by atoms with E-state index in [0.717, 1.165) is 5.82 Å². The molecule has 0 radical (unpaired) electrons. The van der Waals surface area contributed by atoms with E-state index >= 15 is 0 Å². The standard InChI is InChI=1S/C13H13BrClFN2O2/c1-20-13(19)3-5-18-11-7-9(16)8(14)6-10(11)17-12(18)2-4-15/h6-7H,2-5H2,1H3. The lowest BCUT2D eigenvalue weighted by molar-refractivity contribution is -0.140. The van der Waals surface area contributed by atoms with E-state index in [1.807, 2.05) is 4.57 Å². The van der Waals surface area contributed by atoms with E-state index in [1.54, 1.807) is 6.07 Å². The highest BCUT2D eigenvalue weighted by molar-refractivity contribution is 9.10. The minimum atomic E-state index is -0.367. The van der Waals surface area contributed by atoms with Crippen molar-refractivity contribution in [2.45, 2.75) is 19.4 Å². The predicted molar refractivity (Wildman–Crippen MR) is 78.4 cm³/mol. The highest BCUT2D eigenvalue weighted by Gasteiger charge is 2.14. The number of nitrogens with zero attached hydrogens (tertiary/aromatic N) is 2. The summed E-state index contributed by atoms with van der Waals surface area (Å²) in [5, 5.41) is 0. The van der Waals surface area contributed by atoms with Crippen LogP contribution in [0.15, 0.2) is 16.6 Å². The van der Waals surface area contributed by atoms with Crippen molar-refractivity contribution in [3.8, 4) is 0 Å². The number of rotatable bonds is 5. The minimum absolute atomic E-state index is 0.203. The summed E-state index contributed by atoms with van der Waals surface area (Å²) in [6.07, 6.45) is 0.756. The van der Waals surface area contributed by atoms with Gasteiger partial charge in [-0.2, -0.15) is 0 Å². The first-order chi connectivity index (χ1) is 9.56. The fraction of sp³-hybridized carbons (Fsp3) is 0.385. The first-order valence-corrected chi connectivity index (χ1v) is 7.36. The molecule has 0 bridgehead atoms. The smallest absolute Gasteiger partial charge is 0.307 e. The van der Waals surface area contributed by atoms with Crippen molar-refractivity contribution in [3.05, 3.63) is 28.2 Å². The monoisotopic (exact) mass is 362 g/mol. The number of fused-ring (bicyclic) bond motifs is 1. The Balaban J connectivity index is 2.44. The Morgan fingerprint density at radius 1 is 1.55 bits per heavy atom. The van der Waals surface area contributed by atoms with Crippen LogP contribution in [0.25, 0.3) is 11.0 Å². The van der Waals surface area contributed by atoms with Crippen LogP contribution in [0, 0.1) is 5.82 Å². The Morgan fingerprint density at radius 2 is 2.30 bits per heavy atom. The van der Waals surface area contributed by atoms with Crippen molar-refractivity contribution in [2.24, 2.45) is 0 Å². The Labute approximate surface area is 129 Å². The largest absolute Gasteiger partial charge is 0.469 e. The highest BCUT2D eigenvalue weighted by Crippen LogP contribution is 2.24. The van der Waals surface area contributed by atoms with Gasteiger partial charge in [0.25, 0.3) is 0 Å². The van der Waals surface area contributed by atoms with Crippen molar-refractivity contribution in [2.75, 3.05) is 13.0 Å². The number of imidazole rings is 1. The molecule has 20 heavy (non-hydrogen) atoms. The first-order valence-electron chi connectivity index (χ1n) is 6.03. The quantitative estimate of drug-likeness (QED) is 0.605. The van der Waals surface area contributed by atoms with Crippen molar-refractivity contribution >= 4 is 44.5 Å². The van der Waals surface area contributed by atoms with Crippen molar-refractivity contribution in [3.63, 3.8) is 0 Å².